The van der Waals surface area contributed by atoms with Gasteiger partial charge in [-0.05, 0) is 11.4 Å². The molecule has 1 aromatic heterocycles. The monoisotopic (exact) mass is 212 g/mol. The van der Waals surface area contributed by atoms with E-state index in [-0.39, 0.29) is 11.8 Å². The van der Waals surface area contributed by atoms with Crippen LogP contribution in [0.25, 0.3) is 0 Å². The van der Waals surface area contributed by atoms with Crippen molar-refractivity contribution in [2.75, 3.05) is 12.4 Å². The smallest absolute Gasteiger partial charge is 0.254 e. The molecule has 2 N–H and O–H groups in total. The zero-order valence-electron chi connectivity index (χ0n) is 8.09. The van der Waals surface area contributed by atoms with Gasteiger partial charge in [-0.2, -0.15) is 0 Å². The molecule has 0 saturated heterocycles. The Hall–Kier alpha value is -1.36. The normalized spacial score (nSPS) is 9.57. The minimum Gasteiger partial charge on any atom is -0.355 e. The maximum Gasteiger partial charge on any atom is 0.254 e. The van der Waals surface area contributed by atoms with Crippen LogP contribution in [-0.4, -0.2) is 18.9 Å². The molecule has 4 nitrogen and oxygen atoms in total. The Morgan fingerprint density at radius 2 is 2.21 bits per heavy atom. The summed E-state index contributed by atoms with van der Waals surface area (Å²) < 4.78 is 0. The Morgan fingerprint density at radius 1 is 1.50 bits per heavy atom. The van der Waals surface area contributed by atoms with Crippen molar-refractivity contribution in [3.05, 3.63) is 17.0 Å². The standard InChI is InChI=1S/C9H12N2O2S/c1-3-7(12)11-9-6(4-5-14-9)8(13)10-2/h4-5H,3H2,1-2H3,(H,10,13)(H,11,12). The summed E-state index contributed by atoms with van der Waals surface area (Å²) >= 11 is 1.34. The molecule has 0 aromatic carbocycles. The lowest BCUT2D eigenvalue weighted by atomic mass is 10.3. The molecule has 5 heteroatoms. The van der Waals surface area contributed by atoms with E-state index >= 15 is 0 Å². The lowest BCUT2D eigenvalue weighted by molar-refractivity contribution is -0.115. The van der Waals surface area contributed by atoms with Crippen LogP contribution in [0.4, 0.5) is 5.00 Å². The topological polar surface area (TPSA) is 58.2 Å². The van der Waals surface area contributed by atoms with Crippen molar-refractivity contribution in [2.24, 2.45) is 0 Å². The first-order valence-corrected chi connectivity index (χ1v) is 5.16. The molecule has 0 fully saturated rings. The van der Waals surface area contributed by atoms with Crippen molar-refractivity contribution in [1.29, 1.82) is 0 Å². The first kappa shape index (κ1) is 10.7. The van der Waals surface area contributed by atoms with Gasteiger partial charge in [-0.15, -0.1) is 11.3 Å². The molecule has 14 heavy (non-hydrogen) atoms. The van der Waals surface area contributed by atoms with Gasteiger partial charge in [-0.3, -0.25) is 9.59 Å². The zero-order valence-corrected chi connectivity index (χ0v) is 8.90. The summed E-state index contributed by atoms with van der Waals surface area (Å²) in [6, 6.07) is 1.69. The van der Waals surface area contributed by atoms with E-state index in [2.05, 4.69) is 10.6 Å². The summed E-state index contributed by atoms with van der Waals surface area (Å²) in [5.41, 5.74) is 0.513. The minimum atomic E-state index is -0.183. The first-order valence-electron chi connectivity index (χ1n) is 4.28. The van der Waals surface area contributed by atoms with Crippen LogP contribution >= 0.6 is 11.3 Å². The molecule has 0 unspecified atom stereocenters. The summed E-state index contributed by atoms with van der Waals surface area (Å²) in [6.45, 7) is 1.77. The number of amides is 2. The minimum absolute atomic E-state index is 0.0856. The molecule has 0 atom stereocenters. The van der Waals surface area contributed by atoms with Crippen molar-refractivity contribution in [3.8, 4) is 0 Å². The van der Waals surface area contributed by atoms with Crippen LogP contribution in [0, 0.1) is 0 Å². The van der Waals surface area contributed by atoms with E-state index in [0.29, 0.717) is 17.0 Å². The van der Waals surface area contributed by atoms with Crippen LogP contribution in [0.2, 0.25) is 0 Å². The number of hydrogen-bond donors (Lipinski definition) is 2. The van der Waals surface area contributed by atoms with Gasteiger partial charge in [0.1, 0.15) is 5.00 Å². The van der Waals surface area contributed by atoms with Crippen LogP contribution in [0.3, 0.4) is 0 Å². The Balaban J connectivity index is 2.82. The van der Waals surface area contributed by atoms with Gasteiger partial charge < -0.3 is 10.6 Å². The Morgan fingerprint density at radius 3 is 2.79 bits per heavy atom. The van der Waals surface area contributed by atoms with Gasteiger partial charge in [-0.1, -0.05) is 6.92 Å². The highest BCUT2D eigenvalue weighted by Crippen LogP contribution is 2.22. The SMILES string of the molecule is CCC(=O)Nc1sccc1C(=O)NC. The quantitative estimate of drug-likeness (QED) is 0.796. The van der Waals surface area contributed by atoms with Crippen molar-refractivity contribution in [1.82, 2.24) is 5.32 Å². The number of rotatable bonds is 3. The second-order valence-electron chi connectivity index (χ2n) is 2.64. The van der Waals surface area contributed by atoms with Crippen molar-refractivity contribution < 1.29 is 9.59 Å². The third-order valence-electron chi connectivity index (χ3n) is 1.71. The molecule has 1 aromatic rings. The van der Waals surface area contributed by atoms with Crippen molar-refractivity contribution in [3.63, 3.8) is 0 Å². The molecule has 0 spiro atoms. The number of nitrogens with one attached hydrogen (secondary N) is 2. The van der Waals surface area contributed by atoms with Gasteiger partial charge in [0.15, 0.2) is 0 Å². The van der Waals surface area contributed by atoms with Crippen LogP contribution in [-0.2, 0) is 4.79 Å². The van der Waals surface area contributed by atoms with E-state index in [1.165, 1.54) is 11.3 Å². The van der Waals surface area contributed by atoms with Crippen LogP contribution in [0.1, 0.15) is 23.7 Å². The predicted molar refractivity (Wildman–Crippen MR) is 56.6 cm³/mol. The molecule has 0 aliphatic rings. The average Bonchev–Trinajstić information content (AvgIpc) is 2.64. The number of carbonyl (C=O) groups is 2. The molecular weight excluding hydrogens is 200 g/mol. The van der Waals surface area contributed by atoms with E-state index in [4.69, 9.17) is 0 Å². The summed E-state index contributed by atoms with van der Waals surface area (Å²) in [4.78, 5) is 22.4. The Labute approximate surface area is 86.3 Å². The zero-order chi connectivity index (χ0) is 10.6. The second kappa shape index (κ2) is 4.76. The Kier molecular flexibility index (Phi) is 3.64. The maximum absolute atomic E-state index is 11.3. The first-order chi connectivity index (χ1) is 6.69. The van der Waals surface area contributed by atoms with E-state index in [9.17, 15) is 9.59 Å². The second-order valence-corrected chi connectivity index (χ2v) is 3.56. The molecule has 76 valence electrons. The molecule has 1 rings (SSSR count). The third-order valence-corrected chi connectivity index (χ3v) is 2.54. The van der Waals surface area contributed by atoms with Gasteiger partial charge >= 0.3 is 0 Å². The highest BCUT2D eigenvalue weighted by Gasteiger charge is 2.12. The van der Waals surface area contributed by atoms with Gasteiger partial charge in [0.2, 0.25) is 5.91 Å². The fourth-order valence-corrected chi connectivity index (χ4v) is 1.74. The average molecular weight is 212 g/mol. The molecule has 0 radical (unpaired) electrons. The van der Waals surface area contributed by atoms with Crippen molar-refractivity contribution >= 4 is 28.2 Å². The number of carbonyl (C=O) groups excluding carboxylic acids is 2. The highest BCUT2D eigenvalue weighted by molar-refractivity contribution is 7.14. The van der Waals surface area contributed by atoms with Crippen LogP contribution in [0.15, 0.2) is 11.4 Å². The van der Waals surface area contributed by atoms with Crippen molar-refractivity contribution in [2.45, 2.75) is 13.3 Å². The summed E-state index contributed by atoms with van der Waals surface area (Å²) in [5.74, 6) is -0.268. The largest absolute Gasteiger partial charge is 0.355 e. The lowest BCUT2D eigenvalue weighted by Gasteiger charge is -2.03. The Bertz CT molecular complexity index is 346. The summed E-state index contributed by atoms with van der Waals surface area (Å²) in [5, 5.41) is 7.57. The van der Waals surface area contributed by atoms with E-state index in [1.54, 1.807) is 25.4 Å². The van der Waals surface area contributed by atoms with Gasteiger partial charge in [0.05, 0.1) is 5.56 Å². The molecule has 0 saturated carbocycles. The van der Waals surface area contributed by atoms with E-state index in [1.807, 2.05) is 0 Å². The summed E-state index contributed by atoms with van der Waals surface area (Å²) in [7, 11) is 1.56. The molecule has 1 heterocycles. The van der Waals surface area contributed by atoms with Crippen LogP contribution in [0.5, 0.6) is 0 Å². The number of hydrogen-bond acceptors (Lipinski definition) is 3. The molecule has 2 amide bonds. The van der Waals surface area contributed by atoms with Gasteiger partial charge in [0, 0.05) is 13.5 Å². The maximum atomic E-state index is 11.3. The number of thiophene rings is 1. The highest BCUT2D eigenvalue weighted by atomic mass is 32.1. The third kappa shape index (κ3) is 2.32. The van der Waals surface area contributed by atoms with E-state index in [0.717, 1.165) is 0 Å². The lowest BCUT2D eigenvalue weighted by Crippen LogP contribution is -2.19. The number of anilines is 1. The predicted octanol–water partition coefficient (Wildman–Crippen LogP) is 1.46. The van der Waals surface area contributed by atoms with Gasteiger partial charge in [0.25, 0.3) is 5.91 Å². The molecular formula is C9H12N2O2S. The van der Waals surface area contributed by atoms with E-state index < -0.39 is 0 Å². The molecule has 0 aliphatic heterocycles. The summed E-state index contributed by atoms with van der Waals surface area (Å²) in [6.07, 6.45) is 0.408. The molecule has 0 bridgehead atoms. The fourth-order valence-electron chi connectivity index (χ4n) is 0.935. The molecule has 0 aliphatic carbocycles. The fraction of sp³-hybridized carbons (Fsp3) is 0.333. The van der Waals surface area contributed by atoms with Crippen LogP contribution < -0.4 is 10.6 Å². The van der Waals surface area contributed by atoms with Gasteiger partial charge in [-0.25, -0.2) is 0 Å².